The third-order valence-electron chi connectivity index (χ3n) is 5.98. The van der Waals surface area contributed by atoms with Gasteiger partial charge in [-0.25, -0.2) is 0 Å². The Kier molecular flexibility index (Phi) is 4.72. The minimum absolute atomic E-state index is 0.353. The van der Waals surface area contributed by atoms with Gasteiger partial charge in [-0.15, -0.1) is 0 Å². The van der Waals surface area contributed by atoms with Crippen molar-refractivity contribution in [2.75, 3.05) is 6.54 Å². The lowest BCUT2D eigenvalue weighted by atomic mass is 9.86. The number of rotatable bonds is 3. The molecule has 3 rings (SSSR count). The lowest BCUT2D eigenvalue weighted by Gasteiger charge is -2.45. The van der Waals surface area contributed by atoms with E-state index in [2.05, 4.69) is 24.1 Å². The standard InChI is InChI=1S/C18H34N2/c1-18(2)13-17(14-19-18)20(15-9-5-3-6-10-15)16-11-7-4-8-12-16/h15-17,19H,3-14H2,1-2H3. The first-order valence-electron chi connectivity index (χ1n) is 9.18. The van der Waals surface area contributed by atoms with E-state index in [1.165, 1.54) is 77.2 Å². The zero-order valence-corrected chi connectivity index (χ0v) is 13.7. The molecular formula is C18H34N2. The second kappa shape index (κ2) is 6.36. The fraction of sp³-hybridized carbons (Fsp3) is 1.00. The van der Waals surface area contributed by atoms with Gasteiger partial charge in [0.2, 0.25) is 0 Å². The van der Waals surface area contributed by atoms with Gasteiger partial charge in [0, 0.05) is 30.2 Å². The first-order chi connectivity index (χ1) is 9.66. The molecule has 2 nitrogen and oxygen atoms in total. The molecule has 1 saturated heterocycles. The van der Waals surface area contributed by atoms with E-state index in [-0.39, 0.29) is 0 Å². The van der Waals surface area contributed by atoms with Crippen LogP contribution in [0.5, 0.6) is 0 Å². The first-order valence-corrected chi connectivity index (χ1v) is 9.18. The van der Waals surface area contributed by atoms with Gasteiger partial charge in [0.1, 0.15) is 0 Å². The highest BCUT2D eigenvalue weighted by atomic mass is 15.3. The second-order valence-corrected chi connectivity index (χ2v) is 8.15. The van der Waals surface area contributed by atoms with Crippen molar-refractivity contribution >= 4 is 0 Å². The van der Waals surface area contributed by atoms with E-state index in [0.29, 0.717) is 5.54 Å². The molecule has 0 amide bonds. The Bertz CT molecular complexity index is 283. The quantitative estimate of drug-likeness (QED) is 0.836. The molecule has 0 aromatic rings. The number of hydrogen-bond acceptors (Lipinski definition) is 2. The molecule has 116 valence electrons. The summed E-state index contributed by atoms with van der Waals surface area (Å²) >= 11 is 0. The van der Waals surface area contributed by atoms with Crippen LogP contribution in [0, 0.1) is 0 Å². The zero-order valence-electron chi connectivity index (χ0n) is 13.7. The molecule has 0 aromatic heterocycles. The van der Waals surface area contributed by atoms with Crippen LogP contribution in [0.25, 0.3) is 0 Å². The molecule has 1 unspecified atom stereocenters. The second-order valence-electron chi connectivity index (χ2n) is 8.15. The minimum atomic E-state index is 0.353. The van der Waals surface area contributed by atoms with E-state index >= 15 is 0 Å². The minimum Gasteiger partial charge on any atom is -0.310 e. The van der Waals surface area contributed by atoms with Gasteiger partial charge in [-0.05, 0) is 46.0 Å². The van der Waals surface area contributed by atoms with Crippen LogP contribution < -0.4 is 5.32 Å². The molecule has 2 aliphatic carbocycles. The summed E-state index contributed by atoms with van der Waals surface area (Å²) in [5, 5.41) is 3.76. The summed E-state index contributed by atoms with van der Waals surface area (Å²) in [6, 6.07) is 2.59. The lowest BCUT2D eigenvalue weighted by Crippen LogP contribution is -2.51. The maximum Gasteiger partial charge on any atom is 0.0244 e. The predicted molar refractivity (Wildman–Crippen MR) is 86.1 cm³/mol. The van der Waals surface area contributed by atoms with E-state index in [1.807, 2.05) is 0 Å². The Morgan fingerprint density at radius 3 is 1.65 bits per heavy atom. The maximum absolute atomic E-state index is 3.76. The smallest absolute Gasteiger partial charge is 0.0244 e. The maximum atomic E-state index is 3.76. The van der Waals surface area contributed by atoms with Crippen molar-refractivity contribution < 1.29 is 0 Å². The fourth-order valence-corrected chi connectivity index (χ4v) is 4.99. The highest BCUT2D eigenvalue weighted by Crippen LogP contribution is 2.35. The molecule has 1 N–H and O–H groups in total. The van der Waals surface area contributed by atoms with Gasteiger partial charge >= 0.3 is 0 Å². The molecular weight excluding hydrogens is 244 g/mol. The molecule has 1 aliphatic heterocycles. The summed E-state index contributed by atoms with van der Waals surface area (Å²) in [7, 11) is 0. The molecule has 0 spiro atoms. The zero-order chi connectivity index (χ0) is 14.0. The van der Waals surface area contributed by atoms with E-state index in [0.717, 1.165) is 18.1 Å². The van der Waals surface area contributed by atoms with Crippen molar-refractivity contribution in [1.29, 1.82) is 0 Å². The summed E-state index contributed by atoms with van der Waals surface area (Å²) in [4.78, 5) is 3.01. The topological polar surface area (TPSA) is 15.3 Å². The summed E-state index contributed by atoms with van der Waals surface area (Å²) < 4.78 is 0. The van der Waals surface area contributed by atoms with Crippen LogP contribution in [0.4, 0.5) is 0 Å². The van der Waals surface area contributed by atoms with Gasteiger partial charge in [-0.2, -0.15) is 0 Å². The predicted octanol–water partition coefficient (Wildman–Crippen LogP) is 4.09. The summed E-state index contributed by atoms with van der Waals surface area (Å²) in [6.07, 6.45) is 16.0. The van der Waals surface area contributed by atoms with Crippen LogP contribution in [0.1, 0.15) is 84.5 Å². The molecule has 1 atom stereocenters. The van der Waals surface area contributed by atoms with Crippen molar-refractivity contribution in [2.24, 2.45) is 0 Å². The third kappa shape index (κ3) is 3.39. The first kappa shape index (κ1) is 14.8. The van der Waals surface area contributed by atoms with Crippen molar-refractivity contribution in [1.82, 2.24) is 10.2 Å². The van der Waals surface area contributed by atoms with Gasteiger partial charge < -0.3 is 5.32 Å². The van der Waals surface area contributed by atoms with Crippen molar-refractivity contribution in [2.45, 2.75) is 108 Å². The molecule has 3 fully saturated rings. The monoisotopic (exact) mass is 278 g/mol. The average Bonchev–Trinajstić information content (AvgIpc) is 2.81. The van der Waals surface area contributed by atoms with Gasteiger partial charge in [0.05, 0.1) is 0 Å². The van der Waals surface area contributed by atoms with Gasteiger partial charge in [0.25, 0.3) is 0 Å². The highest BCUT2D eigenvalue weighted by molar-refractivity contribution is 4.98. The summed E-state index contributed by atoms with van der Waals surface area (Å²) in [5.41, 5.74) is 0.353. The molecule has 2 heteroatoms. The number of nitrogens with one attached hydrogen (secondary N) is 1. The van der Waals surface area contributed by atoms with E-state index in [9.17, 15) is 0 Å². The van der Waals surface area contributed by atoms with Crippen molar-refractivity contribution in [3.8, 4) is 0 Å². The summed E-state index contributed by atoms with van der Waals surface area (Å²) in [6.45, 7) is 5.99. The SMILES string of the molecule is CC1(C)CC(N(C2CCCCC2)C2CCCCC2)CN1. The van der Waals surface area contributed by atoms with Gasteiger partial charge in [-0.3, -0.25) is 4.90 Å². The van der Waals surface area contributed by atoms with Crippen LogP contribution in [0.15, 0.2) is 0 Å². The van der Waals surface area contributed by atoms with E-state index in [1.54, 1.807) is 0 Å². The fourth-order valence-electron chi connectivity index (χ4n) is 4.99. The Balaban J connectivity index is 1.72. The van der Waals surface area contributed by atoms with Crippen molar-refractivity contribution in [3.63, 3.8) is 0 Å². The van der Waals surface area contributed by atoms with Crippen LogP contribution >= 0.6 is 0 Å². The number of nitrogens with zero attached hydrogens (tertiary/aromatic N) is 1. The van der Waals surface area contributed by atoms with Crippen LogP contribution in [0.2, 0.25) is 0 Å². The largest absolute Gasteiger partial charge is 0.310 e. The third-order valence-corrected chi connectivity index (χ3v) is 5.98. The van der Waals surface area contributed by atoms with E-state index < -0.39 is 0 Å². The molecule has 3 aliphatic rings. The van der Waals surface area contributed by atoms with Crippen LogP contribution in [-0.2, 0) is 0 Å². The molecule has 2 saturated carbocycles. The molecule has 1 heterocycles. The average molecular weight is 278 g/mol. The Hall–Kier alpha value is -0.0800. The highest BCUT2D eigenvalue weighted by Gasteiger charge is 2.40. The Labute approximate surface area is 125 Å². The van der Waals surface area contributed by atoms with Crippen LogP contribution in [0.3, 0.4) is 0 Å². The molecule has 20 heavy (non-hydrogen) atoms. The molecule has 0 radical (unpaired) electrons. The van der Waals surface area contributed by atoms with Gasteiger partial charge in [0.15, 0.2) is 0 Å². The lowest BCUT2D eigenvalue weighted by molar-refractivity contribution is 0.0426. The molecule has 0 bridgehead atoms. The molecule has 0 aromatic carbocycles. The normalized spacial score (nSPS) is 32.9. The van der Waals surface area contributed by atoms with E-state index in [4.69, 9.17) is 0 Å². The Morgan fingerprint density at radius 1 is 0.750 bits per heavy atom. The van der Waals surface area contributed by atoms with Crippen LogP contribution in [-0.4, -0.2) is 35.1 Å². The number of hydrogen-bond donors (Lipinski definition) is 1. The van der Waals surface area contributed by atoms with Gasteiger partial charge in [-0.1, -0.05) is 38.5 Å². The Morgan fingerprint density at radius 2 is 1.25 bits per heavy atom. The van der Waals surface area contributed by atoms with Crippen molar-refractivity contribution in [3.05, 3.63) is 0 Å². The summed E-state index contributed by atoms with van der Waals surface area (Å²) in [5.74, 6) is 0.